The van der Waals surface area contributed by atoms with E-state index >= 15 is 0 Å². The summed E-state index contributed by atoms with van der Waals surface area (Å²) in [6.07, 6.45) is 4.49. The Kier molecular flexibility index (Phi) is 3.68. The molecule has 0 aliphatic rings. The Balaban J connectivity index is 2.32. The molecule has 3 rings (SSSR count). The van der Waals surface area contributed by atoms with Crippen LogP contribution in [0.2, 0.25) is 0 Å². The SMILES string of the molecule is C=CCn1cc(C(=O)O)c(=O)c2ccc(-c3ccnnn3)cc21. The normalized spacial score (nSPS) is 10.6. The second kappa shape index (κ2) is 5.80. The number of benzene rings is 1. The average Bonchev–Trinajstić information content (AvgIpc) is 2.57. The van der Waals surface area contributed by atoms with Gasteiger partial charge < -0.3 is 9.67 Å². The molecular weight excluding hydrogens is 296 g/mol. The summed E-state index contributed by atoms with van der Waals surface area (Å²) >= 11 is 0. The van der Waals surface area contributed by atoms with Crippen molar-refractivity contribution >= 4 is 16.9 Å². The molecule has 0 saturated carbocycles. The molecule has 0 saturated heterocycles. The van der Waals surface area contributed by atoms with Crippen LogP contribution in [0.4, 0.5) is 0 Å². The molecule has 0 aliphatic heterocycles. The first-order valence-electron chi connectivity index (χ1n) is 6.78. The minimum absolute atomic E-state index is 0.268. The number of carboxylic acids is 1. The van der Waals surface area contributed by atoms with Crippen LogP contribution in [0.15, 0.2) is 54.1 Å². The van der Waals surface area contributed by atoms with Crippen molar-refractivity contribution in [3.05, 3.63) is 65.1 Å². The van der Waals surface area contributed by atoms with Gasteiger partial charge in [0.15, 0.2) is 0 Å². The summed E-state index contributed by atoms with van der Waals surface area (Å²) in [5.41, 5.74) is 1.20. The van der Waals surface area contributed by atoms with Gasteiger partial charge in [-0.05, 0) is 23.4 Å². The predicted molar refractivity (Wildman–Crippen MR) is 84.2 cm³/mol. The molecule has 0 spiro atoms. The van der Waals surface area contributed by atoms with E-state index in [2.05, 4.69) is 22.0 Å². The zero-order valence-corrected chi connectivity index (χ0v) is 12.0. The number of aromatic nitrogens is 4. The molecule has 0 amide bonds. The maximum absolute atomic E-state index is 12.3. The number of allylic oxidation sites excluding steroid dienone is 1. The molecule has 1 aromatic carbocycles. The standard InChI is InChI=1S/C16H12N4O3/c1-2-7-20-9-12(16(22)23)15(21)11-4-3-10(8-14(11)20)13-5-6-17-19-18-13/h2-6,8-9H,1,7H2,(H,22,23). The summed E-state index contributed by atoms with van der Waals surface area (Å²) in [4.78, 5) is 23.6. The quantitative estimate of drug-likeness (QED) is 0.737. The maximum Gasteiger partial charge on any atom is 0.341 e. The molecule has 0 radical (unpaired) electrons. The zero-order valence-electron chi connectivity index (χ0n) is 12.0. The third kappa shape index (κ3) is 2.59. The fourth-order valence-corrected chi connectivity index (χ4v) is 2.39. The van der Waals surface area contributed by atoms with Crippen molar-refractivity contribution in [3.8, 4) is 11.3 Å². The maximum atomic E-state index is 12.3. The van der Waals surface area contributed by atoms with Crippen molar-refractivity contribution in [2.75, 3.05) is 0 Å². The Morgan fingerprint density at radius 1 is 1.35 bits per heavy atom. The molecule has 2 aromatic heterocycles. The van der Waals surface area contributed by atoms with Gasteiger partial charge in [-0.25, -0.2) is 4.79 Å². The molecule has 7 nitrogen and oxygen atoms in total. The summed E-state index contributed by atoms with van der Waals surface area (Å²) in [6.45, 7) is 4.04. The lowest BCUT2D eigenvalue weighted by molar-refractivity contribution is 0.0695. The van der Waals surface area contributed by atoms with Gasteiger partial charge in [0.2, 0.25) is 5.43 Å². The van der Waals surface area contributed by atoms with Crippen LogP contribution in [0.25, 0.3) is 22.2 Å². The number of pyridine rings is 1. The fraction of sp³-hybridized carbons (Fsp3) is 0.0625. The average molecular weight is 308 g/mol. The predicted octanol–water partition coefficient (Wildman–Crippen LogP) is 1.74. The van der Waals surface area contributed by atoms with E-state index in [1.807, 2.05) is 0 Å². The van der Waals surface area contributed by atoms with Gasteiger partial charge in [-0.15, -0.1) is 16.8 Å². The van der Waals surface area contributed by atoms with Crippen LogP contribution in [0.5, 0.6) is 0 Å². The molecule has 0 aliphatic carbocycles. The van der Waals surface area contributed by atoms with Gasteiger partial charge in [0.25, 0.3) is 0 Å². The number of aromatic carboxylic acids is 1. The first-order chi connectivity index (χ1) is 11.1. The number of fused-ring (bicyclic) bond motifs is 1. The third-order valence-electron chi connectivity index (χ3n) is 3.44. The summed E-state index contributed by atoms with van der Waals surface area (Å²) in [6, 6.07) is 6.78. The van der Waals surface area contributed by atoms with E-state index in [-0.39, 0.29) is 5.56 Å². The van der Waals surface area contributed by atoms with Crippen molar-refractivity contribution in [3.63, 3.8) is 0 Å². The minimum atomic E-state index is -1.25. The molecule has 23 heavy (non-hydrogen) atoms. The molecule has 7 heteroatoms. The van der Waals surface area contributed by atoms with Crippen LogP contribution in [-0.4, -0.2) is 31.1 Å². The molecular formula is C16H12N4O3. The van der Waals surface area contributed by atoms with Crippen molar-refractivity contribution in [2.45, 2.75) is 6.54 Å². The van der Waals surface area contributed by atoms with Crippen molar-refractivity contribution in [1.82, 2.24) is 20.0 Å². The molecule has 2 heterocycles. The molecule has 0 atom stereocenters. The second-order valence-electron chi connectivity index (χ2n) is 4.86. The highest BCUT2D eigenvalue weighted by atomic mass is 16.4. The monoisotopic (exact) mass is 308 g/mol. The summed E-state index contributed by atoms with van der Waals surface area (Å²) < 4.78 is 1.67. The summed E-state index contributed by atoms with van der Waals surface area (Å²) in [5.74, 6) is -1.25. The molecule has 114 valence electrons. The highest BCUT2D eigenvalue weighted by molar-refractivity contribution is 5.93. The number of carboxylic acid groups (broad SMARTS) is 1. The Hall–Kier alpha value is -3.35. The first-order valence-corrected chi connectivity index (χ1v) is 6.78. The smallest absolute Gasteiger partial charge is 0.341 e. The Labute approximate surface area is 130 Å². The van der Waals surface area contributed by atoms with Gasteiger partial charge in [-0.2, -0.15) is 0 Å². The molecule has 1 N–H and O–H groups in total. The van der Waals surface area contributed by atoms with Crippen molar-refractivity contribution < 1.29 is 9.90 Å². The van der Waals surface area contributed by atoms with Crippen LogP contribution < -0.4 is 5.43 Å². The number of nitrogens with zero attached hydrogens (tertiary/aromatic N) is 4. The first kappa shape index (κ1) is 14.6. The second-order valence-corrected chi connectivity index (χ2v) is 4.86. The van der Waals surface area contributed by atoms with Gasteiger partial charge in [0.05, 0.1) is 17.4 Å². The van der Waals surface area contributed by atoms with Gasteiger partial charge >= 0.3 is 5.97 Å². The minimum Gasteiger partial charge on any atom is -0.477 e. The van der Waals surface area contributed by atoms with Gasteiger partial charge in [-0.3, -0.25) is 4.79 Å². The molecule has 3 aromatic rings. The lowest BCUT2D eigenvalue weighted by Gasteiger charge is -2.11. The molecule has 0 bridgehead atoms. The number of rotatable bonds is 4. The summed E-state index contributed by atoms with van der Waals surface area (Å²) in [5, 5.41) is 20.7. The van der Waals surface area contributed by atoms with Crippen LogP contribution >= 0.6 is 0 Å². The van der Waals surface area contributed by atoms with E-state index in [4.69, 9.17) is 0 Å². The topological polar surface area (TPSA) is 98.0 Å². The Morgan fingerprint density at radius 2 is 2.17 bits per heavy atom. The van der Waals surface area contributed by atoms with E-state index in [1.165, 1.54) is 12.4 Å². The molecule has 0 fully saturated rings. The van der Waals surface area contributed by atoms with Crippen LogP contribution in [0.1, 0.15) is 10.4 Å². The number of carbonyl (C=O) groups is 1. The van der Waals surface area contributed by atoms with E-state index < -0.39 is 11.4 Å². The fourth-order valence-electron chi connectivity index (χ4n) is 2.39. The van der Waals surface area contributed by atoms with Crippen molar-refractivity contribution in [2.24, 2.45) is 0 Å². The van der Waals surface area contributed by atoms with E-state index in [0.717, 1.165) is 5.56 Å². The van der Waals surface area contributed by atoms with Gasteiger partial charge in [0, 0.05) is 23.7 Å². The van der Waals surface area contributed by atoms with E-state index in [0.29, 0.717) is 23.1 Å². The van der Waals surface area contributed by atoms with Crippen molar-refractivity contribution in [1.29, 1.82) is 0 Å². The number of hydrogen-bond donors (Lipinski definition) is 1. The van der Waals surface area contributed by atoms with Gasteiger partial charge in [-0.1, -0.05) is 12.1 Å². The highest BCUT2D eigenvalue weighted by Crippen LogP contribution is 2.21. The third-order valence-corrected chi connectivity index (χ3v) is 3.44. The lowest BCUT2D eigenvalue weighted by Crippen LogP contribution is -2.18. The van der Waals surface area contributed by atoms with Crippen LogP contribution in [0, 0.1) is 0 Å². The highest BCUT2D eigenvalue weighted by Gasteiger charge is 2.15. The van der Waals surface area contributed by atoms with E-state index in [9.17, 15) is 14.7 Å². The van der Waals surface area contributed by atoms with E-state index in [1.54, 1.807) is 34.9 Å². The molecule has 0 unspecified atom stereocenters. The number of hydrogen-bond acceptors (Lipinski definition) is 5. The lowest BCUT2D eigenvalue weighted by atomic mass is 10.1. The van der Waals surface area contributed by atoms with Crippen LogP contribution in [-0.2, 0) is 6.54 Å². The van der Waals surface area contributed by atoms with Gasteiger partial charge in [0.1, 0.15) is 5.56 Å². The Bertz CT molecular complexity index is 964. The van der Waals surface area contributed by atoms with Crippen LogP contribution in [0.3, 0.4) is 0 Å². The summed E-state index contributed by atoms with van der Waals surface area (Å²) in [7, 11) is 0. The largest absolute Gasteiger partial charge is 0.477 e. The Morgan fingerprint density at radius 3 is 2.83 bits per heavy atom. The zero-order chi connectivity index (χ0) is 16.4.